The molecule has 1 aromatic rings. The first-order chi connectivity index (χ1) is 9.81. The minimum absolute atomic E-state index is 0.192. The molecule has 2 rings (SSSR count). The van der Waals surface area contributed by atoms with Crippen LogP contribution in [-0.2, 0) is 0 Å². The van der Waals surface area contributed by atoms with Crippen LogP contribution < -0.4 is 5.73 Å². The van der Waals surface area contributed by atoms with E-state index in [9.17, 15) is 9.59 Å². The number of nitrogens with two attached hydrogens (primary N) is 1. The molecule has 0 radical (unpaired) electrons. The molecule has 0 fully saturated rings. The van der Waals surface area contributed by atoms with Crippen molar-refractivity contribution in [1.29, 1.82) is 0 Å². The van der Waals surface area contributed by atoms with Crippen LogP contribution in [0.3, 0.4) is 0 Å². The summed E-state index contributed by atoms with van der Waals surface area (Å²) in [6.07, 6.45) is 1.03. The highest BCUT2D eigenvalue weighted by Crippen LogP contribution is 2.36. The molecular weight excluding hydrogens is 284 g/mol. The molecule has 0 unspecified atom stereocenters. The van der Waals surface area contributed by atoms with E-state index in [0.717, 1.165) is 11.1 Å². The Kier molecular flexibility index (Phi) is 3.89. The molecule has 0 aliphatic carbocycles. The van der Waals surface area contributed by atoms with Crippen LogP contribution in [0.25, 0.3) is 0 Å². The number of carbonyl (C=O) groups excluding carboxylic acids is 2. The first-order valence-corrected chi connectivity index (χ1v) is 7.51. The monoisotopic (exact) mass is 304 g/mol. The number of hydrogen-bond donors (Lipinski definition) is 1. The Morgan fingerprint density at radius 2 is 1.48 bits per heavy atom. The molecule has 1 aromatic carbocycles. The number of thiocarbonyl (C=S) groups is 1. The molecule has 0 saturated heterocycles. The van der Waals surface area contributed by atoms with Gasteiger partial charge in [0.05, 0.1) is 16.1 Å². The largest absolute Gasteiger partial charge is 0.391 e. The molecule has 0 saturated carbocycles. The molecule has 1 heterocycles. The first kappa shape index (κ1) is 15.6. The SMILES string of the molecule is CCC(CC)(C(N)=S)N1C(=O)c2c(C)ccc(C)c2C1=O. The Morgan fingerprint density at radius 1 is 1.10 bits per heavy atom. The van der Waals surface area contributed by atoms with Gasteiger partial charge in [0.2, 0.25) is 0 Å². The lowest BCUT2D eigenvalue weighted by Gasteiger charge is -2.38. The van der Waals surface area contributed by atoms with E-state index in [4.69, 9.17) is 18.0 Å². The van der Waals surface area contributed by atoms with E-state index < -0.39 is 5.54 Å². The summed E-state index contributed by atoms with van der Waals surface area (Å²) in [6.45, 7) is 7.47. The number of amides is 2. The lowest BCUT2D eigenvalue weighted by atomic mass is 9.90. The third kappa shape index (κ3) is 1.99. The van der Waals surface area contributed by atoms with Crippen molar-refractivity contribution in [3.8, 4) is 0 Å². The maximum atomic E-state index is 12.8. The molecule has 21 heavy (non-hydrogen) atoms. The Labute approximate surface area is 130 Å². The van der Waals surface area contributed by atoms with Crippen LogP contribution in [0.15, 0.2) is 12.1 Å². The third-order valence-electron chi connectivity index (χ3n) is 4.51. The molecular formula is C16H20N2O2S. The van der Waals surface area contributed by atoms with Crippen molar-refractivity contribution in [2.75, 3.05) is 0 Å². The van der Waals surface area contributed by atoms with Gasteiger partial charge >= 0.3 is 0 Å². The van der Waals surface area contributed by atoms with Crippen LogP contribution in [0.5, 0.6) is 0 Å². The van der Waals surface area contributed by atoms with Crippen molar-refractivity contribution in [2.45, 2.75) is 46.1 Å². The first-order valence-electron chi connectivity index (χ1n) is 7.10. The average molecular weight is 304 g/mol. The number of fused-ring (bicyclic) bond motifs is 1. The van der Waals surface area contributed by atoms with Crippen molar-refractivity contribution in [1.82, 2.24) is 4.90 Å². The second kappa shape index (κ2) is 5.22. The summed E-state index contributed by atoms with van der Waals surface area (Å²) in [7, 11) is 0. The average Bonchev–Trinajstić information content (AvgIpc) is 2.71. The number of hydrogen-bond acceptors (Lipinski definition) is 3. The van der Waals surface area contributed by atoms with Gasteiger partial charge in [-0.05, 0) is 37.8 Å². The standard InChI is InChI=1S/C16H20N2O2S/c1-5-16(6-2,15(17)21)18-13(19)11-9(3)7-8-10(4)12(11)14(18)20/h7-8H,5-6H2,1-4H3,(H2,17,21). The van der Waals surface area contributed by atoms with Gasteiger partial charge in [0.15, 0.2) is 0 Å². The molecule has 0 aromatic heterocycles. The van der Waals surface area contributed by atoms with Crippen molar-refractivity contribution < 1.29 is 9.59 Å². The third-order valence-corrected chi connectivity index (χ3v) is 4.89. The van der Waals surface area contributed by atoms with E-state index >= 15 is 0 Å². The van der Waals surface area contributed by atoms with Crippen molar-refractivity contribution in [2.24, 2.45) is 5.73 Å². The zero-order valence-electron chi connectivity index (χ0n) is 12.8. The molecule has 2 amide bonds. The minimum Gasteiger partial charge on any atom is -0.391 e. The van der Waals surface area contributed by atoms with Gasteiger partial charge in [-0.2, -0.15) is 0 Å². The van der Waals surface area contributed by atoms with Crippen LogP contribution in [0.4, 0.5) is 0 Å². The number of nitrogens with zero attached hydrogens (tertiary/aromatic N) is 1. The van der Waals surface area contributed by atoms with Crippen LogP contribution in [0.1, 0.15) is 58.5 Å². The van der Waals surface area contributed by atoms with Gasteiger partial charge < -0.3 is 5.73 Å². The highest BCUT2D eigenvalue weighted by atomic mass is 32.1. The van der Waals surface area contributed by atoms with E-state index in [1.165, 1.54) is 4.90 Å². The molecule has 1 aliphatic rings. The second-order valence-corrected chi connectivity index (χ2v) is 5.94. The number of aryl methyl sites for hydroxylation is 2. The Bertz CT molecular complexity index is 607. The van der Waals surface area contributed by atoms with E-state index in [1.807, 2.05) is 39.8 Å². The fourth-order valence-electron chi connectivity index (χ4n) is 3.09. The summed E-state index contributed by atoms with van der Waals surface area (Å²) < 4.78 is 0. The smallest absolute Gasteiger partial charge is 0.262 e. The van der Waals surface area contributed by atoms with E-state index in [0.29, 0.717) is 24.0 Å². The Hall–Kier alpha value is -1.75. The number of rotatable bonds is 4. The summed E-state index contributed by atoms with van der Waals surface area (Å²) in [5.74, 6) is -0.569. The van der Waals surface area contributed by atoms with E-state index in [-0.39, 0.29) is 16.8 Å². The predicted octanol–water partition coefficient (Wildman–Crippen LogP) is 2.74. The summed E-state index contributed by atoms with van der Waals surface area (Å²) in [6, 6.07) is 3.73. The highest BCUT2D eigenvalue weighted by molar-refractivity contribution is 7.80. The van der Waals surface area contributed by atoms with E-state index in [1.54, 1.807) is 0 Å². The normalized spacial score (nSPS) is 14.6. The maximum Gasteiger partial charge on any atom is 0.262 e. The van der Waals surface area contributed by atoms with Gasteiger partial charge in [-0.1, -0.05) is 38.2 Å². The lowest BCUT2D eigenvalue weighted by molar-refractivity contribution is 0.0512. The van der Waals surface area contributed by atoms with Gasteiger partial charge in [0, 0.05) is 0 Å². The molecule has 0 atom stereocenters. The van der Waals surface area contributed by atoms with Gasteiger partial charge in [-0.3, -0.25) is 14.5 Å². The van der Waals surface area contributed by atoms with Gasteiger partial charge in [0.1, 0.15) is 5.54 Å². The lowest BCUT2D eigenvalue weighted by Crippen LogP contribution is -2.58. The summed E-state index contributed by atoms with van der Waals surface area (Å²) in [4.78, 5) is 27.1. The van der Waals surface area contributed by atoms with Crippen molar-refractivity contribution in [3.05, 3.63) is 34.4 Å². The fraction of sp³-hybridized carbons (Fsp3) is 0.438. The highest BCUT2D eigenvalue weighted by Gasteiger charge is 2.50. The molecule has 0 bridgehead atoms. The van der Waals surface area contributed by atoms with Gasteiger partial charge in [-0.15, -0.1) is 0 Å². The van der Waals surface area contributed by atoms with Crippen LogP contribution in [-0.4, -0.2) is 27.2 Å². The fourth-order valence-corrected chi connectivity index (χ4v) is 3.47. The number of benzene rings is 1. The molecule has 0 spiro atoms. The molecule has 1 aliphatic heterocycles. The second-order valence-electron chi connectivity index (χ2n) is 5.50. The topological polar surface area (TPSA) is 63.4 Å². The van der Waals surface area contributed by atoms with E-state index in [2.05, 4.69) is 0 Å². The molecule has 2 N–H and O–H groups in total. The number of carbonyl (C=O) groups is 2. The van der Waals surface area contributed by atoms with Crippen molar-refractivity contribution >= 4 is 29.0 Å². The molecule has 5 heteroatoms. The van der Waals surface area contributed by atoms with Gasteiger partial charge in [0.25, 0.3) is 11.8 Å². The predicted molar refractivity (Wildman–Crippen MR) is 86.5 cm³/mol. The van der Waals surface area contributed by atoms with Crippen LogP contribution in [0, 0.1) is 13.8 Å². The summed E-state index contributed by atoms with van der Waals surface area (Å²) in [5.41, 5.74) is 7.59. The zero-order valence-corrected chi connectivity index (χ0v) is 13.6. The summed E-state index contributed by atoms with van der Waals surface area (Å²) >= 11 is 5.18. The maximum absolute atomic E-state index is 12.8. The molecule has 4 nitrogen and oxygen atoms in total. The summed E-state index contributed by atoms with van der Waals surface area (Å²) in [5, 5.41) is 0. The molecule has 112 valence electrons. The Morgan fingerprint density at radius 3 is 1.76 bits per heavy atom. The Balaban J connectivity index is 2.69. The quantitative estimate of drug-likeness (QED) is 0.686. The minimum atomic E-state index is -0.887. The van der Waals surface area contributed by atoms with Crippen LogP contribution in [0.2, 0.25) is 0 Å². The van der Waals surface area contributed by atoms with Crippen molar-refractivity contribution in [3.63, 3.8) is 0 Å². The zero-order chi connectivity index (χ0) is 15.9. The van der Waals surface area contributed by atoms with Crippen LogP contribution >= 0.6 is 12.2 Å². The van der Waals surface area contributed by atoms with Gasteiger partial charge in [-0.25, -0.2) is 0 Å². The number of imide groups is 1.